The average molecular weight is 472 g/mol. The summed E-state index contributed by atoms with van der Waals surface area (Å²) in [4.78, 5) is 18.4. The third-order valence-electron chi connectivity index (χ3n) is 4.66. The number of aliphatic imine (C=N–C) groups is 1. The number of amides is 1. The predicted octanol–water partition coefficient (Wildman–Crippen LogP) is 3.53. The minimum absolute atomic E-state index is 0. The van der Waals surface area contributed by atoms with Gasteiger partial charge in [0.15, 0.2) is 5.96 Å². The highest BCUT2D eigenvalue weighted by Gasteiger charge is 2.19. The van der Waals surface area contributed by atoms with Gasteiger partial charge < -0.3 is 15.5 Å². The summed E-state index contributed by atoms with van der Waals surface area (Å²) < 4.78 is 0. The number of rotatable bonds is 7. The van der Waals surface area contributed by atoms with Crippen molar-refractivity contribution in [2.45, 2.75) is 59.7 Å². The molecule has 1 aliphatic heterocycles. The molecule has 1 atom stereocenters. The van der Waals surface area contributed by atoms with Gasteiger partial charge in [-0.1, -0.05) is 38.1 Å². The number of carbonyl (C=O) groups is 1. The number of carbonyl (C=O) groups excluding carboxylic acids is 1. The Labute approximate surface area is 175 Å². The maximum absolute atomic E-state index is 11.8. The molecule has 1 aromatic rings. The number of nitrogens with one attached hydrogen (secondary N) is 2. The molecule has 1 aliphatic rings. The fourth-order valence-electron chi connectivity index (χ4n) is 2.79. The Balaban J connectivity index is 0.00000338. The number of benzene rings is 1. The largest absolute Gasteiger partial charge is 0.357 e. The Bertz CT molecular complexity index is 603. The number of hydrogen-bond donors (Lipinski definition) is 2. The van der Waals surface area contributed by atoms with Crippen molar-refractivity contribution < 1.29 is 4.79 Å². The lowest BCUT2D eigenvalue weighted by atomic mass is 10.1. The highest BCUT2D eigenvalue weighted by molar-refractivity contribution is 14.0. The van der Waals surface area contributed by atoms with Crippen LogP contribution in [0.25, 0.3) is 0 Å². The van der Waals surface area contributed by atoms with Gasteiger partial charge in [-0.2, -0.15) is 0 Å². The molecule has 2 N–H and O–H groups in total. The molecule has 1 unspecified atom stereocenters. The molecule has 1 heterocycles. The number of guanidine groups is 1. The van der Waals surface area contributed by atoms with E-state index in [1.807, 2.05) is 4.90 Å². The number of likely N-dealkylation sites (tertiary alicyclic amines) is 1. The minimum atomic E-state index is 0. The Morgan fingerprint density at radius 3 is 2.62 bits per heavy atom. The lowest BCUT2D eigenvalue weighted by Crippen LogP contribution is -2.44. The summed E-state index contributed by atoms with van der Waals surface area (Å²) in [6.07, 6.45) is 1.67. The standard InChI is InChI=1S/C20H32N4O.HI/c1-5-21-20(23-16(4)15(2)3)22-13-17-8-6-9-18(12-17)14-24-11-7-10-19(24)25;/h6,8-9,12,15-16H,5,7,10-11,13-14H2,1-4H3,(H2,21,22,23);1H. The van der Waals surface area contributed by atoms with E-state index in [0.29, 0.717) is 31.5 Å². The lowest BCUT2D eigenvalue weighted by molar-refractivity contribution is -0.128. The first-order valence-corrected chi connectivity index (χ1v) is 9.40. The van der Waals surface area contributed by atoms with Gasteiger partial charge in [0.05, 0.1) is 6.54 Å². The fraction of sp³-hybridized carbons (Fsp3) is 0.600. The van der Waals surface area contributed by atoms with Crippen molar-refractivity contribution in [1.82, 2.24) is 15.5 Å². The van der Waals surface area contributed by atoms with E-state index in [1.165, 1.54) is 11.1 Å². The van der Waals surface area contributed by atoms with Crippen LogP contribution in [0.4, 0.5) is 0 Å². The van der Waals surface area contributed by atoms with Gasteiger partial charge in [0.2, 0.25) is 5.91 Å². The van der Waals surface area contributed by atoms with Crippen LogP contribution in [0.3, 0.4) is 0 Å². The van der Waals surface area contributed by atoms with Gasteiger partial charge in [0.25, 0.3) is 0 Å². The molecule has 0 saturated carbocycles. The molecule has 2 rings (SSSR count). The lowest BCUT2D eigenvalue weighted by Gasteiger charge is -2.20. The van der Waals surface area contributed by atoms with E-state index < -0.39 is 0 Å². The Hall–Kier alpha value is -1.31. The van der Waals surface area contributed by atoms with Crippen LogP contribution in [-0.2, 0) is 17.9 Å². The van der Waals surface area contributed by atoms with Gasteiger partial charge in [-0.15, -0.1) is 24.0 Å². The third-order valence-corrected chi connectivity index (χ3v) is 4.66. The highest BCUT2D eigenvalue weighted by atomic mass is 127. The molecule has 146 valence electrons. The number of hydrogen-bond acceptors (Lipinski definition) is 2. The number of halogens is 1. The Kier molecular flexibility index (Phi) is 9.98. The summed E-state index contributed by atoms with van der Waals surface area (Å²) in [6, 6.07) is 8.75. The van der Waals surface area contributed by atoms with E-state index in [0.717, 1.165) is 25.5 Å². The van der Waals surface area contributed by atoms with Crippen LogP contribution >= 0.6 is 24.0 Å². The quantitative estimate of drug-likeness (QED) is 0.363. The van der Waals surface area contributed by atoms with Crippen LogP contribution in [-0.4, -0.2) is 35.9 Å². The maximum Gasteiger partial charge on any atom is 0.222 e. The van der Waals surface area contributed by atoms with Crippen LogP contribution < -0.4 is 10.6 Å². The Morgan fingerprint density at radius 1 is 1.27 bits per heavy atom. The van der Waals surface area contributed by atoms with Crippen LogP contribution in [0.2, 0.25) is 0 Å². The summed E-state index contributed by atoms with van der Waals surface area (Å²) >= 11 is 0. The topological polar surface area (TPSA) is 56.7 Å². The van der Waals surface area contributed by atoms with Crippen molar-refractivity contribution in [2.24, 2.45) is 10.9 Å². The molecule has 6 heteroatoms. The maximum atomic E-state index is 11.8. The van der Waals surface area contributed by atoms with E-state index in [1.54, 1.807) is 0 Å². The van der Waals surface area contributed by atoms with Gasteiger partial charge >= 0.3 is 0 Å². The van der Waals surface area contributed by atoms with E-state index in [2.05, 4.69) is 62.6 Å². The smallest absolute Gasteiger partial charge is 0.222 e. The van der Waals surface area contributed by atoms with Crippen molar-refractivity contribution in [2.75, 3.05) is 13.1 Å². The van der Waals surface area contributed by atoms with Gasteiger partial charge in [-0.3, -0.25) is 4.79 Å². The first-order valence-electron chi connectivity index (χ1n) is 9.40. The molecule has 1 amide bonds. The van der Waals surface area contributed by atoms with Crippen molar-refractivity contribution in [3.8, 4) is 0 Å². The van der Waals surface area contributed by atoms with Crippen LogP contribution in [0, 0.1) is 5.92 Å². The van der Waals surface area contributed by atoms with Gasteiger partial charge in [-0.25, -0.2) is 4.99 Å². The van der Waals surface area contributed by atoms with Crippen molar-refractivity contribution in [1.29, 1.82) is 0 Å². The summed E-state index contributed by atoms with van der Waals surface area (Å²) in [7, 11) is 0. The first-order chi connectivity index (χ1) is 12.0. The molecular weight excluding hydrogens is 439 g/mol. The Morgan fingerprint density at radius 2 is 2.00 bits per heavy atom. The molecule has 0 aromatic heterocycles. The molecule has 1 fully saturated rings. The summed E-state index contributed by atoms with van der Waals surface area (Å²) in [5.74, 6) is 1.67. The average Bonchev–Trinajstić information content (AvgIpc) is 2.98. The molecule has 0 aliphatic carbocycles. The fourth-order valence-corrected chi connectivity index (χ4v) is 2.79. The second-order valence-corrected chi connectivity index (χ2v) is 7.11. The summed E-state index contributed by atoms with van der Waals surface area (Å²) in [5.41, 5.74) is 2.34. The molecule has 1 aromatic carbocycles. The van der Waals surface area contributed by atoms with Gasteiger partial charge in [-0.05, 0) is 37.3 Å². The predicted molar refractivity (Wildman–Crippen MR) is 119 cm³/mol. The zero-order valence-electron chi connectivity index (χ0n) is 16.4. The SMILES string of the molecule is CCNC(=NCc1cccc(CN2CCCC2=O)c1)NC(C)C(C)C.I. The molecule has 0 radical (unpaired) electrons. The van der Waals surface area contributed by atoms with Crippen molar-refractivity contribution in [3.05, 3.63) is 35.4 Å². The monoisotopic (exact) mass is 472 g/mol. The highest BCUT2D eigenvalue weighted by Crippen LogP contribution is 2.15. The van der Waals surface area contributed by atoms with Crippen LogP contribution in [0.15, 0.2) is 29.3 Å². The van der Waals surface area contributed by atoms with E-state index in [4.69, 9.17) is 4.99 Å². The summed E-state index contributed by atoms with van der Waals surface area (Å²) in [6.45, 7) is 11.7. The molecule has 0 bridgehead atoms. The zero-order chi connectivity index (χ0) is 18.2. The van der Waals surface area contributed by atoms with Crippen molar-refractivity contribution in [3.63, 3.8) is 0 Å². The van der Waals surface area contributed by atoms with Crippen LogP contribution in [0.5, 0.6) is 0 Å². The molecule has 0 spiro atoms. The molecular formula is C20H33IN4O. The van der Waals surface area contributed by atoms with E-state index in [-0.39, 0.29) is 29.9 Å². The van der Waals surface area contributed by atoms with E-state index in [9.17, 15) is 4.79 Å². The third kappa shape index (κ3) is 7.13. The molecule has 1 saturated heterocycles. The van der Waals surface area contributed by atoms with Gasteiger partial charge in [0, 0.05) is 32.1 Å². The van der Waals surface area contributed by atoms with Crippen LogP contribution in [0.1, 0.15) is 51.7 Å². The minimum Gasteiger partial charge on any atom is -0.357 e. The van der Waals surface area contributed by atoms with Crippen molar-refractivity contribution >= 4 is 35.8 Å². The summed E-state index contributed by atoms with van der Waals surface area (Å²) in [5, 5.41) is 6.76. The number of nitrogens with zero attached hydrogens (tertiary/aromatic N) is 2. The second-order valence-electron chi connectivity index (χ2n) is 7.11. The normalized spacial score (nSPS) is 15.8. The zero-order valence-corrected chi connectivity index (χ0v) is 18.7. The van der Waals surface area contributed by atoms with Gasteiger partial charge in [0.1, 0.15) is 0 Å². The molecule has 5 nitrogen and oxygen atoms in total. The molecule has 26 heavy (non-hydrogen) atoms. The van der Waals surface area contributed by atoms with E-state index >= 15 is 0 Å². The second kappa shape index (κ2) is 11.4. The first kappa shape index (κ1) is 22.7.